The Morgan fingerprint density at radius 3 is 2.59 bits per heavy atom. The number of carbonyl (C=O) groups excluding carboxylic acids is 2. The van der Waals surface area contributed by atoms with Gasteiger partial charge in [-0.1, -0.05) is 18.2 Å². The van der Waals surface area contributed by atoms with Crippen LogP contribution in [-0.4, -0.2) is 38.6 Å². The minimum absolute atomic E-state index is 0.00335. The van der Waals surface area contributed by atoms with Crippen LogP contribution in [0.25, 0.3) is 10.1 Å². The van der Waals surface area contributed by atoms with Gasteiger partial charge in [-0.2, -0.15) is 0 Å². The average Bonchev–Trinajstić information content (AvgIpc) is 3.06. The lowest BCUT2D eigenvalue weighted by Crippen LogP contribution is -2.30. The smallest absolute Gasteiger partial charge is 0.261 e. The van der Waals surface area contributed by atoms with E-state index in [9.17, 15) is 9.59 Å². The molecule has 0 aliphatic heterocycles. The maximum atomic E-state index is 12.8. The summed E-state index contributed by atoms with van der Waals surface area (Å²) in [5, 5.41) is 7.13. The number of methoxy groups -OCH3 is 1. The second-order valence-electron chi connectivity index (χ2n) is 7.24. The molecular formula is C21H28N2O3S. The molecule has 1 aromatic carbocycles. The second kappa shape index (κ2) is 9.33. The molecule has 1 aliphatic rings. The second-order valence-corrected chi connectivity index (χ2v) is 8.30. The maximum absolute atomic E-state index is 12.8. The van der Waals surface area contributed by atoms with E-state index in [2.05, 4.69) is 22.8 Å². The van der Waals surface area contributed by atoms with Gasteiger partial charge in [0.1, 0.15) is 0 Å². The van der Waals surface area contributed by atoms with Crippen LogP contribution in [0.15, 0.2) is 24.3 Å². The first-order valence-electron chi connectivity index (χ1n) is 9.63. The highest BCUT2D eigenvalue weighted by Crippen LogP contribution is 2.43. The Kier molecular flexibility index (Phi) is 6.85. The molecule has 0 radical (unpaired) electrons. The Morgan fingerprint density at radius 2 is 1.89 bits per heavy atom. The first-order valence-corrected chi connectivity index (χ1v) is 10.4. The van der Waals surface area contributed by atoms with Crippen molar-refractivity contribution in [2.45, 2.75) is 38.5 Å². The summed E-state index contributed by atoms with van der Waals surface area (Å²) in [5.41, 5.74) is 1.21. The van der Waals surface area contributed by atoms with Crippen molar-refractivity contribution in [3.05, 3.63) is 34.7 Å². The van der Waals surface area contributed by atoms with E-state index in [-0.39, 0.29) is 11.8 Å². The monoisotopic (exact) mass is 388 g/mol. The van der Waals surface area contributed by atoms with E-state index in [0.29, 0.717) is 25.0 Å². The van der Waals surface area contributed by atoms with Crippen LogP contribution in [-0.2, 0) is 9.53 Å². The Labute approximate surface area is 164 Å². The van der Waals surface area contributed by atoms with Crippen LogP contribution in [0.1, 0.15) is 53.8 Å². The van der Waals surface area contributed by atoms with Gasteiger partial charge >= 0.3 is 0 Å². The van der Waals surface area contributed by atoms with Gasteiger partial charge in [0.05, 0.1) is 11.5 Å². The summed E-state index contributed by atoms with van der Waals surface area (Å²) in [5.74, 6) is 0.978. The molecule has 0 spiro atoms. The molecule has 1 fully saturated rings. The number of nitrogens with one attached hydrogen (secondary N) is 2. The molecule has 0 bridgehead atoms. The molecular weight excluding hydrogens is 360 g/mol. The Morgan fingerprint density at radius 1 is 1.15 bits per heavy atom. The molecule has 2 N–H and O–H groups in total. The van der Waals surface area contributed by atoms with Gasteiger partial charge in [-0.25, -0.2) is 0 Å². The Bertz CT molecular complexity index is 794. The molecule has 27 heavy (non-hydrogen) atoms. The lowest BCUT2D eigenvalue weighted by atomic mass is 9.77. The quantitative estimate of drug-likeness (QED) is 0.711. The highest BCUT2D eigenvalue weighted by atomic mass is 32.1. The predicted octanol–water partition coefficient (Wildman–Crippen LogP) is 3.69. The van der Waals surface area contributed by atoms with E-state index in [1.54, 1.807) is 25.4 Å². The van der Waals surface area contributed by atoms with Crippen molar-refractivity contribution in [2.75, 3.05) is 26.8 Å². The van der Waals surface area contributed by atoms with Gasteiger partial charge in [0.2, 0.25) is 5.91 Å². The van der Waals surface area contributed by atoms with Crippen LogP contribution in [0, 0.1) is 5.92 Å². The van der Waals surface area contributed by atoms with Gasteiger partial charge in [-0.05, 0) is 54.5 Å². The van der Waals surface area contributed by atoms with Crippen LogP contribution >= 0.6 is 11.3 Å². The molecule has 0 saturated heterocycles. The number of hydrogen-bond acceptors (Lipinski definition) is 4. The van der Waals surface area contributed by atoms with E-state index in [4.69, 9.17) is 4.74 Å². The van der Waals surface area contributed by atoms with Crippen molar-refractivity contribution in [3.63, 3.8) is 0 Å². The first kappa shape index (κ1) is 19.8. The zero-order valence-corrected chi connectivity index (χ0v) is 16.9. The normalized spacial score (nSPS) is 19.8. The average molecular weight is 389 g/mol. The molecule has 1 aromatic heterocycles. The Balaban J connectivity index is 1.78. The summed E-state index contributed by atoms with van der Waals surface area (Å²) in [6.45, 7) is 3.36. The third-order valence-corrected chi connectivity index (χ3v) is 6.51. The fraction of sp³-hybridized carbons (Fsp3) is 0.524. The number of amides is 2. The summed E-state index contributed by atoms with van der Waals surface area (Å²) in [6.07, 6.45) is 4.28. The molecule has 6 heteroatoms. The van der Waals surface area contributed by atoms with Crippen LogP contribution in [0.3, 0.4) is 0 Å². The summed E-state index contributed by atoms with van der Waals surface area (Å²) in [6, 6.07) is 8.31. The van der Waals surface area contributed by atoms with Crippen molar-refractivity contribution >= 4 is 33.2 Å². The summed E-state index contributed by atoms with van der Waals surface area (Å²) in [7, 11) is 1.64. The summed E-state index contributed by atoms with van der Waals surface area (Å²) >= 11 is 1.59. The highest BCUT2D eigenvalue weighted by Gasteiger charge is 2.29. The highest BCUT2D eigenvalue weighted by molar-refractivity contribution is 7.21. The fourth-order valence-electron chi connectivity index (χ4n) is 3.93. The first-order chi connectivity index (χ1) is 13.1. The fourth-order valence-corrected chi connectivity index (χ4v) is 5.14. The minimum Gasteiger partial charge on any atom is -0.383 e. The minimum atomic E-state index is 0.00335. The largest absolute Gasteiger partial charge is 0.383 e. The predicted molar refractivity (Wildman–Crippen MR) is 109 cm³/mol. The number of rotatable bonds is 7. The van der Waals surface area contributed by atoms with Gasteiger partial charge in [0.15, 0.2) is 0 Å². The molecule has 1 saturated carbocycles. The molecule has 3 rings (SSSR count). The van der Waals surface area contributed by atoms with Gasteiger partial charge in [0, 0.05) is 31.8 Å². The zero-order valence-electron chi connectivity index (χ0n) is 16.0. The third-order valence-electron chi connectivity index (χ3n) is 5.33. The number of ether oxygens (including phenoxy) is 1. The van der Waals surface area contributed by atoms with E-state index in [1.165, 1.54) is 15.6 Å². The number of benzene rings is 1. The van der Waals surface area contributed by atoms with Gasteiger partial charge in [-0.3, -0.25) is 9.59 Å². The van der Waals surface area contributed by atoms with Crippen LogP contribution < -0.4 is 10.6 Å². The molecule has 2 amide bonds. The van der Waals surface area contributed by atoms with Gasteiger partial charge in [-0.15, -0.1) is 11.3 Å². The number of thiophene rings is 1. The van der Waals surface area contributed by atoms with Crippen molar-refractivity contribution < 1.29 is 14.3 Å². The summed E-state index contributed by atoms with van der Waals surface area (Å²) in [4.78, 5) is 24.8. The van der Waals surface area contributed by atoms with Crippen LogP contribution in [0.4, 0.5) is 0 Å². The molecule has 1 heterocycles. The van der Waals surface area contributed by atoms with Crippen molar-refractivity contribution in [1.29, 1.82) is 0 Å². The molecule has 0 atom stereocenters. The van der Waals surface area contributed by atoms with E-state index < -0.39 is 0 Å². The zero-order chi connectivity index (χ0) is 19.2. The third kappa shape index (κ3) is 4.87. The van der Waals surface area contributed by atoms with Gasteiger partial charge in [0.25, 0.3) is 5.91 Å². The van der Waals surface area contributed by atoms with Gasteiger partial charge < -0.3 is 15.4 Å². The molecule has 2 aromatic rings. The topological polar surface area (TPSA) is 67.4 Å². The van der Waals surface area contributed by atoms with E-state index in [1.807, 2.05) is 12.1 Å². The molecule has 146 valence electrons. The number of fused-ring (bicyclic) bond motifs is 1. The molecule has 0 unspecified atom stereocenters. The number of carbonyl (C=O) groups is 2. The SMILES string of the molecule is COCCNC(=O)c1sc2ccccc2c1C1CCC(CNC(C)=O)CC1. The lowest BCUT2D eigenvalue weighted by Gasteiger charge is -2.29. The van der Waals surface area contributed by atoms with Crippen LogP contribution in [0.5, 0.6) is 0 Å². The molecule has 5 nitrogen and oxygen atoms in total. The lowest BCUT2D eigenvalue weighted by molar-refractivity contribution is -0.119. The van der Waals surface area contributed by atoms with E-state index >= 15 is 0 Å². The van der Waals surface area contributed by atoms with Crippen molar-refractivity contribution in [2.24, 2.45) is 5.92 Å². The maximum Gasteiger partial charge on any atom is 0.261 e. The Hall–Kier alpha value is -1.92. The van der Waals surface area contributed by atoms with Crippen molar-refractivity contribution in [3.8, 4) is 0 Å². The number of hydrogen-bond donors (Lipinski definition) is 2. The molecule has 1 aliphatic carbocycles. The summed E-state index contributed by atoms with van der Waals surface area (Å²) < 4.78 is 6.22. The standard InChI is InChI=1S/C21H28N2O3S/c1-14(24)23-13-15-7-9-16(10-8-15)19-17-5-3-4-6-18(17)27-20(19)21(25)22-11-12-26-2/h3-6,15-16H,7-13H2,1-2H3,(H,22,25)(H,23,24). The van der Waals surface area contributed by atoms with Crippen LogP contribution in [0.2, 0.25) is 0 Å². The van der Waals surface area contributed by atoms with E-state index in [0.717, 1.165) is 37.1 Å². The van der Waals surface area contributed by atoms with Crippen molar-refractivity contribution in [1.82, 2.24) is 10.6 Å².